The van der Waals surface area contributed by atoms with Crippen molar-refractivity contribution >= 4 is 26.6 Å². The van der Waals surface area contributed by atoms with Gasteiger partial charge in [0.2, 0.25) is 5.91 Å². The van der Waals surface area contributed by atoms with Gasteiger partial charge in [-0.05, 0) is 24.5 Å². The minimum atomic E-state index is -2.96. The molecule has 3 rings (SSSR count). The van der Waals surface area contributed by atoms with Gasteiger partial charge in [-0.3, -0.25) is 4.79 Å². The van der Waals surface area contributed by atoms with E-state index < -0.39 is 9.84 Å². The van der Waals surface area contributed by atoms with Crippen molar-refractivity contribution in [1.29, 1.82) is 0 Å². The second-order valence-electron chi connectivity index (χ2n) is 5.66. The van der Waals surface area contributed by atoms with E-state index in [9.17, 15) is 13.2 Å². The number of benzene rings is 1. The minimum absolute atomic E-state index is 0.0612. The molecule has 1 fully saturated rings. The molecule has 1 aliphatic heterocycles. The topological polar surface area (TPSA) is 79.0 Å². The Morgan fingerprint density at radius 2 is 2.24 bits per heavy atom. The molecule has 2 aromatic rings. The predicted octanol–water partition coefficient (Wildman–Crippen LogP) is 1.32. The summed E-state index contributed by atoms with van der Waals surface area (Å²) < 4.78 is 22.8. The first-order valence-corrected chi connectivity index (χ1v) is 8.82. The summed E-state index contributed by atoms with van der Waals surface area (Å²) in [5, 5.41) is 3.87. The Hall–Kier alpha value is -1.82. The summed E-state index contributed by atoms with van der Waals surface area (Å²) in [7, 11) is -2.96. The van der Waals surface area contributed by atoms with E-state index in [0.717, 1.165) is 22.0 Å². The van der Waals surface area contributed by atoms with E-state index >= 15 is 0 Å². The second-order valence-corrected chi connectivity index (χ2v) is 7.88. The molecule has 0 aliphatic carbocycles. The molecule has 21 heavy (non-hydrogen) atoms. The molecule has 2 heterocycles. The maximum atomic E-state index is 12.1. The summed E-state index contributed by atoms with van der Waals surface area (Å²) in [5.74, 6) is 0.107. The van der Waals surface area contributed by atoms with E-state index in [2.05, 4.69) is 10.3 Å². The molecule has 1 aromatic heterocycles. The van der Waals surface area contributed by atoms with Gasteiger partial charge in [-0.15, -0.1) is 0 Å². The fourth-order valence-corrected chi connectivity index (χ4v) is 4.54. The van der Waals surface area contributed by atoms with Gasteiger partial charge in [-0.25, -0.2) is 8.42 Å². The number of fused-ring (bicyclic) bond motifs is 1. The molecule has 1 aliphatic rings. The number of H-pyrrole nitrogens is 1. The van der Waals surface area contributed by atoms with Gasteiger partial charge < -0.3 is 10.3 Å². The Morgan fingerprint density at radius 1 is 1.43 bits per heavy atom. The van der Waals surface area contributed by atoms with E-state index in [1.165, 1.54) is 0 Å². The summed E-state index contributed by atoms with van der Waals surface area (Å²) in [6.07, 6.45) is 2.63. The highest BCUT2D eigenvalue weighted by molar-refractivity contribution is 7.91. The third kappa shape index (κ3) is 2.95. The molecule has 112 valence electrons. The highest BCUT2D eigenvalue weighted by Crippen LogP contribution is 2.21. The maximum Gasteiger partial charge on any atom is 0.224 e. The first kappa shape index (κ1) is 14.1. The van der Waals surface area contributed by atoms with Gasteiger partial charge in [0.25, 0.3) is 0 Å². The lowest BCUT2D eigenvalue weighted by molar-refractivity contribution is -0.120. The number of aromatic amines is 1. The number of hydrogen-bond acceptors (Lipinski definition) is 3. The summed E-state index contributed by atoms with van der Waals surface area (Å²) >= 11 is 0. The first-order chi connectivity index (χ1) is 9.94. The van der Waals surface area contributed by atoms with Crippen LogP contribution >= 0.6 is 0 Å². The SMILES string of the molecule is Cc1cccc2c(CC(=O)NC3CCS(=O)(=O)C3)c[nH]c12. The monoisotopic (exact) mass is 306 g/mol. The van der Waals surface area contributed by atoms with Crippen molar-refractivity contribution in [3.8, 4) is 0 Å². The quantitative estimate of drug-likeness (QED) is 0.897. The number of hydrogen-bond donors (Lipinski definition) is 2. The number of carbonyl (C=O) groups is 1. The molecule has 1 aromatic carbocycles. The minimum Gasteiger partial charge on any atom is -0.361 e. The van der Waals surface area contributed by atoms with Crippen molar-refractivity contribution in [2.24, 2.45) is 0 Å². The normalized spacial score (nSPS) is 20.7. The Bertz CT molecular complexity index is 792. The van der Waals surface area contributed by atoms with E-state index in [4.69, 9.17) is 0 Å². The first-order valence-electron chi connectivity index (χ1n) is 7.00. The van der Waals surface area contributed by atoms with Crippen LogP contribution in [0.1, 0.15) is 17.5 Å². The molecule has 1 unspecified atom stereocenters. The van der Waals surface area contributed by atoms with Gasteiger partial charge in [0, 0.05) is 23.1 Å². The summed E-state index contributed by atoms with van der Waals surface area (Å²) in [6, 6.07) is 5.73. The lowest BCUT2D eigenvalue weighted by atomic mass is 10.1. The molecule has 0 bridgehead atoms. The Morgan fingerprint density at radius 3 is 2.95 bits per heavy atom. The Kier molecular flexibility index (Phi) is 3.49. The van der Waals surface area contributed by atoms with Crippen molar-refractivity contribution < 1.29 is 13.2 Å². The average molecular weight is 306 g/mol. The molecular weight excluding hydrogens is 288 g/mol. The van der Waals surface area contributed by atoms with Gasteiger partial charge in [0.1, 0.15) is 0 Å². The molecule has 1 atom stereocenters. The number of sulfone groups is 1. The lowest BCUT2D eigenvalue weighted by Crippen LogP contribution is -2.36. The number of carbonyl (C=O) groups excluding carboxylic acids is 1. The van der Waals surface area contributed by atoms with Crippen LogP contribution in [0.2, 0.25) is 0 Å². The molecule has 1 amide bonds. The Labute approximate surface area is 123 Å². The van der Waals surface area contributed by atoms with Crippen molar-refractivity contribution in [3.05, 3.63) is 35.5 Å². The molecule has 6 heteroatoms. The van der Waals surface area contributed by atoms with Crippen molar-refractivity contribution in [2.75, 3.05) is 11.5 Å². The molecule has 1 saturated heterocycles. The van der Waals surface area contributed by atoms with E-state index in [0.29, 0.717) is 6.42 Å². The van der Waals surface area contributed by atoms with Gasteiger partial charge in [0.05, 0.1) is 17.9 Å². The lowest BCUT2D eigenvalue weighted by Gasteiger charge is -2.10. The Balaban J connectivity index is 1.71. The fraction of sp³-hybridized carbons (Fsp3) is 0.400. The maximum absolute atomic E-state index is 12.1. The molecule has 5 nitrogen and oxygen atoms in total. The average Bonchev–Trinajstić information content (AvgIpc) is 2.95. The van der Waals surface area contributed by atoms with Crippen molar-refractivity contribution in [2.45, 2.75) is 25.8 Å². The van der Waals surface area contributed by atoms with Crippen LogP contribution in [0.5, 0.6) is 0 Å². The molecule has 2 N–H and O–H groups in total. The summed E-state index contributed by atoms with van der Waals surface area (Å²) in [5.41, 5.74) is 3.12. The standard InChI is InChI=1S/C15H18N2O3S/c1-10-3-2-4-13-11(8-16-15(10)13)7-14(18)17-12-5-6-21(19,20)9-12/h2-4,8,12,16H,5-7,9H2,1H3,(H,17,18). The van der Waals surface area contributed by atoms with E-state index in [1.807, 2.05) is 31.3 Å². The number of para-hydroxylation sites is 1. The predicted molar refractivity (Wildman–Crippen MR) is 81.9 cm³/mol. The number of rotatable bonds is 3. The zero-order valence-corrected chi connectivity index (χ0v) is 12.7. The zero-order valence-electron chi connectivity index (χ0n) is 11.8. The smallest absolute Gasteiger partial charge is 0.224 e. The molecular formula is C15H18N2O3S. The van der Waals surface area contributed by atoms with Crippen LogP contribution in [0.4, 0.5) is 0 Å². The molecule has 0 radical (unpaired) electrons. The van der Waals surface area contributed by atoms with Crippen molar-refractivity contribution in [1.82, 2.24) is 10.3 Å². The van der Waals surface area contributed by atoms with Gasteiger partial charge in [-0.2, -0.15) is 0 Å². The van der Waals surface area contributed by atoms with Crippen LogP contribution in [0.25, 0.3) is 10.9 Å². The molecule has 0 spiro atoms. The van der Waals surface area contributed by atoms with Crippen molar-refractivity contribution in [3.63, 3.8) is 0 Å². The third-order valence-corrected chi connectivity index (χ3v) is 5.73. The summed E-state index contributed by atoms with van der Waals surface area (Å²) in [4.78, 5) is 15.3. The zero-order chi connectivity index (χ0) is 15.0. The van der Waals surface area contributed by atoms with Gasteiger partial charge >= 0.3 is 0 Å². The summed E-state index contributed by atoms with van der Waals surface area (Å²) in [6.45, 7) is 2.02. The number of aryl methyl sites for hydroxylation is 1. The second kappa shape index (κ2) is 5.18. The van der Waals surface area contributed by atoms with Gasteiger partial charge in [0.15, 0.2) is 9.84 Å². The van der Waals surface area contributed by atoms with Crippen LogP contribution in [0.3, 0.4) is 0 Å². The molecule has 0 saturated carbocycles. The van der Waals surface area contributed by atoms with Crippen LogP contribution < -0.4 is 5.32 Å². The van der Waals surface area contributed by atoms with Crippen LogP contribution in [0, 0.1) is 6.92 Å². The highest BCUT2D eigenvalue weighted by atomic mass is 32.2. The highest BCUT2D eigenvalue weighted by Gasteiger charge is 2.28. The van der Waals surface area contributed by atoms with Crippen LogP contribution in [0.15, 0.2) is 24.4 Å². The fourth-order valence-electron chi connectivity index (χ4n) is 2.87. The number of nitrogens with one attached hydrogen (secondary N) is 2. The van der Waals surface area contributed by atoms with E-state index in [-0.39, 0.29) is 29.9 Å². The van der Waals surface area contributed by atoms with Crippen LogP contribution in [-0.2, 0) is 21.1 Å². The number of amides is 1. The third-order valence-electron chi connectivity index (χ3n) is 3.96. The van der Waals surface area contributed by atoms with Crippen LogP contribution in [-0.4, -0.2) is 36.9 Å². The van der Waals surface area contributed by atoms with E-state index in [1.54, 1.807) is 0 Å². The largest absolute Gasteiger partial charge is 0.361 e. The van der Waals surface area contributed by atoms with Gasteiger partial charge in [-0.1, -0.05) is 18.2 Å². The number of aromatic nitrogens is 1.